The van der Waals surface area contributed by atoms with Gasteiger partial charge in [-0.1, -0.05) is 0 Å². The lowest BCUT2D eigenvalue weighted by molar-refractivity contribution is 0.0952. The summed E-state index contributed by atoms with van der Waals surface area (Å²) in [5, 5.41) is 3.80. The van der Waals surface area contributed by atoms with Crippen LogP contribution in [0.3, 0.4) is 0 Å². The van der Waals surface area contributed by atoms with Crippen molar-refractivity contribution in [3.8, 4) is 0 Å². The highest BCUT2D eigenvalue weighted by Crippen LogP contribution is 2.30. The zero-order chi connectivity index (χ0) is 14.1. The van der Waals surface area contributed by atoms with Crippen LogP contribution in [0.5, 0.6) is 0 Å². The highest BCUT2D eigenvalue weighted by Gasteiger charge is 2.13. The highest BCUT2D eigenvalue weighted by molar-refractivity contribution is 9.13. The third kappa shape index (κ3) is 2.53. The number of fused-ring (bicyclic) bond motifs is 1. The summed E-state index contributed by atoms with van der Waals surface area (Å²) in [4.78, 5) is 18.3. The zero-order valence-corrected chi connectivity index (χ0v) is 13.5. The number of hydrogen-bond donors (Lipinski definition) is 3. The van der Waals surface area contributed by atoms with Gasteiger partial charge in [-0.2, -0.15) is 0 Å². The Morgan fingerprint density at radius 3 is 2.75 bits per heavy atom. The van der Waals surface area contributed by atoms with E-state index >= 15 is 0 Å². The minimum absolute atomic E-state index is 0.0910. The number of benzene rings is 1. The molecule has 0 atom stereocenters. The van der Waals surface area contributed by atoms with E-state index < -0.39 is 0 Å². The van der Waals surface area contributed by atoms with E-state index in [1.807, 2.05) is 30.6 Å². The fourth-order valence-corrected chi connectivity index (χ4v) is 2.74. The van der Waals surface area contributed by atoms with E-state index in [-0.39, 0.29) is 5.91 Å². The predicted molar refractivity (Wildman–Crippen MR) is 85.7 cm³/mol. The van der Waals surface area contributed by atoms with Crippen molar-refractivity contribution >= 4 is 48.7 Å². The van der Waals surface area contributed by atoms with Crippen molar-refractivity contribution in [3.05, 3.63) is 56.9 Å². The molecule has 3 rings (SSSR count). The molecule has 3 aromatic rings. The fourth-order valence-electron chi connectivity index (χ4n) is 2.05. The van der Waals surface area contributed by atoms with Crippen LogP contribution >= 0.6 is 31.9 Å². The molecule has 0 bridgehead atoms. The third-order valence-corrected chi connectivity index (χ3v) is 4.93. The van der Waals surface area contributed by atoms with E-state index in [1.165, 1.54) is 0 Å². The second-order valence-electron chi connectivity index (χ2n) is 4.42. The van der Waals surface area contributed by atoms with E-state index in [1.54, 1.807) is 6.20 Å². The van der Waals surface area contributed by atoms with Crippen LogP contribution in [0, 0.1) is 0 Å². The summed E-state index contributed by atoms with van der Waals surface area (Å²) in [5.41, 5.74) is 2.61. The first-order valence-corrected chi connectivity index (χ1v) is 7.60. The van der Waals surface area contributed by atoms with Crippen molar-refractivity contribution in [2.24, 2.45) is 0 Å². The van der Waals surface area contributed by atoms with Gasteiger partial charge in [0.25, 0.3) is 5.91 Å². The Bertz CT molecular complexity index is 762. The van der Waals surface area contributed by atoms with Gasteiger partial charge in [0.2, 0.25) is 0 Å². The van der Waals surface area contributed by atoms with Crippen molar-refractivity contribution < 1.29 is 4.79 Å². The van der Waals surface area contributed by atoms with Gasteiger partial charge in [0.05, 0.1) is 5.56 Å². The number of rotatable bonds is 3. The number of hydrogen-bond acceptors (Lipinski definition) is 1. The molecular formula is C14H11Br2N3O. The first kappa shape index (κ1) is 13.5. The van der Waals surface area contributed by atoms with Gasteiger partial charge in [-0.25, -0.2) is 0 Å². The van der Waals surface area contributed by atoms with Gasteiger partial charge in [0.1, 0.15) is 0 Å². The van der Waals surface area contributed by atoms with E-state index in [2.05, 4.69) is 47.1 Å². The van der Waals surface area contributed by atoms with E-state index in [9.17, 15) is 4.79 Å². The summed E-state index contributed by atoms with van der Waals surface area (Å²) in [6.45, 7) is 0.507. The topological polar surface area (TPSA) is 60.7 Å². The van der Waals surface area contributed by atoms with Crippen LogP contribution in [0.1, 0.15) is 15.9 Å². The Labute approximate surface area is 132 Å². The van der Waals surface area contributed by atoms with Gasteiger partial charge in [0.15, 0.2) is 0 Å². The van der Waals surface area contributed by atoms with E-state index in [0.29, 0.717) is 12.1 Å². The average Bonchev–Trinajstić information content (AvgIpc) is 3.06. The van der Waals surface area contributed by atoms with Gasteiger partial charge in [0, 0.05) is 45.0 Å². The SMILES string of the molecule is O=C(NCc1cc[nH]c1)c1c[nH]c2cc(Br)c(Br)cc12. The van der Waals surface area contributed by atoms with Crippen LogP contribution in [0.25, 0.3) is 10.9 Å². The number of nitrogens with one attached hydrogen (secondary N) is 3. The lowest BCUT2D eigenvalue weighted by Crippen LogP contribution is -2.22. The Balaban J connectivity index is 1.86. The maximum absolute atomic E-state index is 12.2. The summed E-state index contributed by atoms with van der Waals surface area (Å²) in [7, 11) is 0. The molecule has 1 amide bonds. The van der Waals surface area contributed by atoms with Crippen LogP contribution in [-0.4, -0.2) is 15.9 Å². The Hall–Kier alpha value is -1.53. The summed E-state index contributed by atoms with van der Waals surface area (Å²) in [6.07, 6.45) is 5.43. The maximum atomic E-state index is 12.2. The predicted octanol–water partition coefficient (Wildman–Crippen LogP) is 3.95. The second kappa shape index (κ2) is 5.46. The molecule has 20 heavy (non-hydrogen) atoms. The van der Waals surface area contributed by atoms with Crippen LogP contribution in [0.15, 0.2) is 45.7 Å². The van der Waals surface area contributed by atoms with Crippen molar-refractivity contribution in [1.82, 2.24) is 15.3 Å². The minimum Gasteiger partial charge on any atom is -0.367 e. The van der Waals surface area contributed by atoms with Crippen LogP contribution in [0.4, 0.5) is 0 Å². The van der Waals surface area contributed by atoms with Crippen molar-refractivity contribution in [2.45, 2.75) is 6.54 Å². The summed E-state index contributed by atoms with van der Waals surface area (Å²) in [6, 6.07) is 5.81. The highest BCUT2D eigenvalue weighted by atomic mass is 79.9. The molecule has 0 spiro atoms. The quantitative estimate of drug-likeness (QED) is 0.616. The minimum atomic E-state index is -0.0910. The molecular weight excluding hydrogens is 386 g/mol. The number of halogens is 2. The Morgan fingerprint density at radius 1 is 1.20 bits per heavy atom. The third-order valence-electron chi connectivity index (χ3n) is 3.08. The summed E-state index contributed by atoms with van der Waals surface area (Å²) < 4.78 is 1.87. The van der Waals surface area contributed by atoms with E-state index in [0.717, 1.165) is 25.4 Å². The lowest BCUT2D eigenvalue weighted by Gasteiger charge is -2.03. The Morgan fingerprint density at radius 2 is 2.00 bits per heavy atom. The second-order valence-corrected chi connectivity index (χ2v) is 6.12. The molecule has 2 aromatic heterocycles. The number of aromatic amines is 2. The molecule has 0 aliphatic rings. The molecule has 6 heteroatoms. The van der Waals surface area contributed by atoms with Gasteiger partial charge < -0.3 is 15.3 Å². The van der Waals surface area contributed by atoms with Gasteiger partial charge in [-0.15, -0.1) is 0 Å². The van der Waals surface area contributed by atoms with Crippen LogP contribution in [0.2, 0.25) is 0 Å². The molecule has 0 aliphatic carbocycles. The number of aromatic nitrogens is 2. The molecule has 0 aliphatic heterocycles. The molecule has 2 heterocycles. The summed E-state index contributed by atoms with van der Waals surface area (Å²) in [5.74, 6) is -0.0910. The van der Waals surface area contributed by atoms with Crippen molar-refractivity contribution in [2.75, 3.05) is 0 Å². The molecule has 0 saturated heterocycles. The molecule has 0 radical (unpaired) electrons. The smallest absolute Gasteiger partial charge is 0.253 e. The number of H-pyrrole nitrogens is 2. The lowest BCUT2D eigenvalue weighted by atomic mass is 10.1. The number of carbonyl (C=O) groups is 1. The van der Waals surface area contributed by atoms with Gasteiger partial charge >= 0.3 is 0 Å². The molecule has 0 saturated carbocycles. The standard InChI is InChI=1S/C14H11Br2N3O/c15-11-3-9-10(7-18-13(9)4-12(11)16)14(20)19-6-8-1-2-17-5-8/h1-5,7,17-18H,6H2,(H,19,20). The summed E-state index contributed by atoms with van der Waals surface area (Å²) >= 11 is 6.91. The monoisotopic (exact) mass is 395 g/mol. The number of amides is 1. The van der Waals surface area contributed by atoms with Crippen molar-refractivity contribution in [1.29, 1.82) is 0 Å². The fraction of sp³-hybridized carbons (Fsp3) is 0.0714. The molecule has 3 N–H and O–H groups in total. The normalized spacial score (nSPS) is 10.9. The van der Waals surface area contributed by atoms with Crippen LogP contribution < -0.4 is 5.32 Å². The van der Waals surface area contributed by atoms with E-state index in [4.69, 9.17) is 0 Å². The molecule has 102 valence electrons. The molecule has 0 fully saturated rings. The first-order valence-electron chi connectivity index (χ1n) is 6.01. The van der Waals surface area contributed by atoms with Crippen molar-refractivity contribution in [3.63, 3.8) is 0 Å². The molecule has 0 unspecified atom stereocenters. The van der Waals surface area contributed by atoms with Gasteiger partial charge in [-0.05, 0) is 55.6 Å². The average molecular weight is 397 g/mol. The maximum Gasteiger partial charge on any atom is 0.253 e. The molecule has 1 aromatic carbocycles. The zero-order valence-electron chi connectivity index (χ0n) is 10.3. The first-order chi connectivity index (χ1) is 9.65. The van der Waals surface area contributed by atoms with Gasteiger partial charge in [-0.3, -0.25) is 4.79 Å². The molecule has 4 nitrogen and oxygen atoms in total. The number of carbonyl (C=O) groups excluding carboxylic acids is 1. The Kier molecular flexibility index (Phi) is 3.67. The largest absolute Gasteiger partial charge is 0.367 e. The van der Waals surface area contributed by atoms with Crippen LogP contribution in [-0.2, 0) is 6.54 Å².